The summed E-state index contributed by atoms with van der Waals surface area (Å²) in [6.45, 7) is 5.62. The molecule has 0 radical (unpaired) electrons. The number of aliphatic carboxylic acids is 1. The van der Waals surface area contributed by atoms with Gasteiger partial charge < -0.3 is 15.7 Å². The number of carboxylic acids is 1. The molecule has 3 N–H and O–H groups in total. The molecule has 0 saturated carbocycles. The number of carbonyl (C=O) groups is 2. The van der Waals surface area contributed by atoms with Crippen molar-refractivity contribution in [3.63, 3.8) is 0 Å². The van der Waals surface area contributed by atoms with Gasteiger partial charge in [0.05, 0.1) is 0 Å². The Bertz CT molecular complexity index is 206. The molecule has 0 rings (SSSR count). The third-order valence-electron chi connectivity index (χ3n) is 2.26. The number of carbonyl (C=O) groups excluding carboxylic acids is 1. The largest absolute Gasteiger partial charge is 0.480 e. The highest BCUT2D eigenvalue weighted by Crippen LogP contribution is 2.05. The average Bonchev–Trinajstić information content (AvgIpc) is 2.13. The Kier molecular flexibility index (Phi) is 5.67. The second-order valence-electron chi connectivity index (χ2n) is 3.39. The normalized spacial score (nSPS) is 14.2. The molecule has 2 unspecified atom stereocenters. The number of nitrogens with one attached hydrogen (secondary N) is 2. The van der Waals surface area contributed by atoms with Gasteiger partial charge in [0.25, 0.3) is 0 Å². The van der Waals surface area contributed by atoms with Crippen LogP contribution in [0.25, 0.3) is 0 Å². The lowest BCUT2D eigenvalue weighted by Gasteiger charge is -2.19. The third kappa shape index (κ3) is 5.40. The zero-order valence-corrected chi connectivity index (χ0v) is 8.83. The fraction of sp³-hybridized carbons (Fsp3) is 0.778. The molecule has 14 heavy (non-hydrogen) atoms. The second-order valence-corrected chi connectivity index (χ2v) is 3.39. The van der Waals surface area contributed by atoms with E-state index in [4.69, 9.17) is 5.11 Å². The summed E-state index contributed by atoms with van der Waals surface area (Å²) in [5.41, 5.74) is 0. The Labute approximate surface area is 83.9 Å². The molecule has 0 aliphatic heterocycles. The Morgan fingerprint density at radius 1 is 1.36 bits per heavy atom. The fourth-order valence-electron chi connectivity index (χ4n) is 0.910. The van der Waals surface area contributed by atoms with Crippen molar-refractivity contribution in [3.05, 3.63) is 0 Å². The highest BCUT2D eigenvalue weighted by atomic mass is 16.4. The number of carboxylic acid groups (broad SMARTS) is 1. The monoisotopic (exact) mass is 202 g/mol. The molecule has 2 atom stereocenters. The molecule has 0 fully saturated rings. The minimum absolute atomic E-state index is 0.0498. The van der Waals surface area contributed by atoms with Crippen LogP contribution in [0.4, 0.5) is 4.79 Å². The summed E-state index contributed by atoms with van der Waals surface area (Å²) in [6, 6.07) is -0.381. The quantitative estimate of drug-likeness (QED) is 0.617. The van der Waals surface area contributed by atoms with Crippen LogP contribution in [0.3, 0.4) is 0 Å². The lowest BCUT2D eigenvalue weighted by Crippen LogP contribution is -2.44. The molecule has 0 aromatic carbocycles. The predicted octanol–water partition coefficient (Wildman–Crippen LogP) is 0.805. The Morgan fingerprint density at radius 3 is 2.36 bits per heavy atom. The van der Waals surface area contributed by atoms with Crippen molar-refractivity contribution in [3.8, 4) is 0 Å². The molecular formula is C9H18N2O3. The molecule has 0 aliphatic rings. The van der Waals surface area contributed by atoms with Crippen LogP contribution in [0.5, 0.6) is 0 Å². The number of urea groups is 1. The number of rotatable bonds is 5. The lowest BCUT2D eigenvalue weighted by molar-refractivity contribution is -0.135. The second kappa shape index (κ2) is 6.23. The van der Waals surface area contributed by atoms with Gasteiger partial charge in [0.15, 0.2) is 0 Å². The van der Waals surface area contributed by atoms with E-state index in [2.05, 4.69) is 10.6 Å². The van der Waals surface area contributed by atoms with Gasteiger partial charge in [0.1, 0.15) is 6.54 Å². The van der Waals surface area contributed by atoms with Gasteiger partial charge in [-0.15, -0.1) is 0 Å². The van der Waals surface area contributed by atoms with Crippen LogP contribution >= 0.6 is 0 Å². The van der Waals surface area contributed by atoms with Gasteiger partial charge in [-0.05, 0) is 12.8 Å². The van der Waals surface area contributed by atoms with E-state index in [-0.39, 0.29) is 12.6 Å². The molecule has 0 heterocycles. The topological polar surface area (TPSA) is 78.4 Å². The molecule has 0 aromatic heterocycles. The Morgan fingerprint density at radius 2 is 1.93 bits per heavy atom. The van der Waals surface area contributed by atoms with E-state index in [0.717, 1.165) is 6.42 Å². The molecule has 5 nitrogen and oxygen atoms in total. The third-order valence-corrected chi connectivity index (χ3v) is 2.26. The summed E-state index contributed by atoms with van der Waals surface area (Å²) in [4.78, 5) is 21.2. The van der Waals surface area contributed by atoms with Crippen molar-refractivity contribution in [1.29, 1.82) is 0 Å². The van der Waals surface area contributed by atoms with Crippen LogP contribution in [0.15, 0.2) is 0 Å². The molecule has 0 bridgehead atoms. The zero-order chi connectivity index (χ0) is 11.1. The first-order chi connectivity index (χ1) is 6.47. The van der Waals surface area contributed by atoms with Crippen molar-refractivity contribution in [1.82, 2.24) is 10.6 Å². The van der Waals surface area contributed by atoms with Crippen LogP contribution < -0.4 is 10.6 Å². The van der Waals surface area contributed by atoms with Gasteiger partial charge >= 0.3 is 12.0 Å². The highest BCUT2D eigenvalue weighted by Gasteiger charge is 2.12. The van der Waals surface area contributed by atoms with E-state index in [9.17, 15) is 9.59 Å². The van der Waals surface area contributed by atoms with Crippen molar-refractivity contribution >= 4 is 12.0 Å². The van der Waals surface area contributed by atoms with E-state index < -0.39 is 12.0 Å². The number of amides is 2. The minimum atomic E-state index is -1.05. The molecule has 0 aromatic rings. The number of hydrogen-bond donors (Lipinski definition) is 3. The van der Waals surface area contributed by atoms with Crippen LogP contribution in [0.2, 0.25) is 0 Å². The number of hydrogen-bond acceptors (Lipinski definition) is 2. The Balaban J connectivity index is 3.76. The lowest BCUT2D eigenvalue weighted by atomic mass is 10.0. The first-order valence-electron chi connectivity index (χ1n) is 4.73. The molecule has 2 amide bonds. The standard InChI is InChI=1S/C9H18N2O3/c1-4-6(2)7(3)11-9(14)10-5-8(12)13/h6-7H,4-5H2,1-3H3,(H,12,13)(H2,10,11,14). The van der Waals surface area contributed by atoms with Crippen LogP contribution in [-0.4, -0.2) is 29.7 Å². The SMILES string of the molecule is CCC(C)C(C)NC(=O)NCC(=O)O. The molecule has 0 spiro atoms. The molecular weight excluding hydrogens is 184 g/mol. The maximum Gasteiger partial charge on any atom is 0.323 e. The van der Waals surface area contributed by atoms with Crippen molar-refractivity contribution < 1.29 is 14.7 Å². The smallest absolute Gasteiger partial charge is 0.323 e. The van der Waals surface area contributed by atoms with Crippen LogP contribution in [-0.2, 0) is 4.79 Å². The van der Waals surface area contributed by atoms with Crippen LogP contribution in [0, 0.1) is 5.92 Å². The summed E-state index contributed by atoms with van der Waals surface area (Å²) in [7, 11) is 0. The van der Waals surface area contributed by atoms with Gasteiger partial charge in [0, 0.05) is 6.04 Å². The van der Waals surface area contributed by atoms with Crippen molar-refractivity contribution in [2.75, 3.05) is 6.54 Å². The fourth-order valence-corrected chi connectivity index (χ4v) is 0.910. The molecule has 0 aliphatic carbocycles. The maximum atomic E-state index is 11.1. The zero-order valence-electron chi connectivity index (χ0n) is 8.83. The summed E-state index contributed by atoms with van der Waals surface area (Å²) >= 11 is 0. The van der Waals surface area contributed by atoms with Gasteiger partial charge in [-0.3, -0.25) is 4.79 Å². The first kappa shape index (κ1) is 12.7. The molecule has 82 valence electrons. The summed E-state index contributed by atoms with van der Waals surface area (Å²) < 4.78 is 0. The highest BCUT2D eigenvalue weighted by molar-refractivity contribution is 5.79. The van der Waals surface area contributed by atoms with E-state index in [1.807, 2.05) is 20.8 Å². The minimum Gasteiger partial charge on any atom is -0.480 e. The van der Waals surface area contributed by atoms with Gasteiger partial charge in [0.2, 0.25) is 0 Å². The molecule has 0 saturated heterocycles. The van der Waals surface area contributed by atoms with E-state index >= 15 is 0 Å². The summed E-state index contributed by atoms with van der Waals surface area (Å²) in [5.74, 6) is -0.665. The molecule has 5 heteroatoms. The van der Waals surface area contributed by atoms with E-state index in [0.29, 0.717) is 5.92 Å². The van der Waals surface area contributed by atoms with Gasteiger partial charge in [-0.1, -0.05) is 20.3 Å². The van der Waals surface area contributed by atoms with Gasteiger partial charge in [-0.2, -0.15) is 0 Å². The van der Waals surface area contributed by atoms with Crippen molar-refractivity contribution in [2.45, 2.75) is 33.2 Å². The summed E-state index contributed by atoms with van der Waals surface area (Å²) in [6.07, 6.45) is 0.973. The van der Waals surface area contributed by atoms with Gasteiger partial charge in [-0.25, -0.2) is 4.79 Å². The Hall–Kier alpha value is -1.26. The first-order valence-corrected chi connectivity index (χ1v) is 4.73. The van der Waals surface area contributed by atoms with Crippen molar-refractivity contribution in [2.24, 2.45) is 5.92 Å². The van der Waals surface area contributed by atoms with E-state index in [1.54, 1.807) is 0 Å². The predicted molar refractivity (Wildman–Crippen MR) is 53.1 cm³/mol. The maximum absolute atomic E-state index is 11.1. The summed E-state index contributed by atoms with van der Waals surface area (Å²) in [5, 5.41) is 13.2. The van der Waals surface area contributed by atoms with Crippen LogP contribution in [0.1, 0.15) is 27.2 Å². The van der Waals surface area contributed by atoms with E-state index in [1.165, 1.54) is 0 Å². The average molecular weight is 202 g/mol.